The van der Waals surface area contributed by atoms with Crippen molar-refractivity contribution in [2.45, 2.75) is 31.1 Å². The fourth-order valence-electron chi connectivity index (χ4n) is 3.28. The minimum atomic E-state index is -0.375. The average Bonchev–Trinajstić information content (AvgIpc) is 3.20. The summed E-state index contributed by atoms with van der Waals surface area (Å²) in [4.78, 5) is 24.7. The van der Waals surface area contributed by atoms with Gasteiger partial charge >= 0.3 is 0 Å². The van der Waals surface area contributed by atoms with E-state index in [2.05, 4.69) is 34.0 Å². The molecule has 0 saturated carbocycles. The van der Waals surface area contributed by atoms with E-state index in [1.54, 1.807) is 17.2 Å². The highest BCUT2D eigenvalue weighted by atomic mass is 79.9. The zero-order valence-electron chi connectivity index (χ0n) is 16.3. The number of ether oxygens (including phenoxy) is 1. The number of carbonyl (C=O) groups excluding carboxylic acids is 2. The molecule has 1 fully saturated rings. The van der Waals surface area contributed by atoms with Gasteiger partial charge in [-0.2, -0.15) is 0 Å². The van der Waals surface area contributed by atoms with Gasteiger partial charge in [-0.05, 0) is 49.1 Å². The van der Waals surface area contributed by atoms with Crippen molar-refractivity contribution in [1.82, 2.24) is 5.48 Å². The van der Waals surface area contributed by atoms with Crippen LogP contribution in [0.4, 0.5) is 5.69 Å². The van der Waals surface area contributed by atoms with Gasteiger partial charge in [-0.1, -0.05) is 40.2 Å². The summed E-state index contributed by atoms with van der Waals surface area (Å²) in [5.74, 6) is 3.02. The Hall–Kier alpha value is -2.25. The quantitative estimate of drug-likeness (QED) is 0.226. The number of nitrogens with zero attached hydrogens (tertiary/aromatic N) is 1. The number of hydrogen-bond acceptors (Lipinski definition) is 6. The summed E-state index contributed by atoms with van der Waals surface area (Å²) in [6, 6.07) is 15.8. The lowest BCUT2D eigenvalue weighted by Gasteiger charge is -2.28. The van der Waals surface area contributed by atoms with E-state index >= 15 is 0 Å². The predicted molar refractivity (Wildman–Crippen MR) is 121 cm³/mol. The molecule has 0 bridgehead atoms. The van der Waals surface area contributed by atoms with Crippen molar-refractivity contribution < 1.29 is 19.5 Å². The van der Waals surface area contributed by atoms with E-state index in [1.807, 2.05) is 41.3 Å². The summed E-state index contributed by atoms with van der Waals surface area (Å²) in [7, 11) is 0. The Balaban J connectivity index is 1.72. The number of nitrogens with one attached hydrogen (secondary N) is 1. The summed E-state index contributed by atoms with van der Waals surface area (Å²) in [6.45, 7) is 0.500. The standard InChI is InChI=1S/C22H23BrN2O4S/c23-17-8-6-7-16(13-17)22-25(18(14-26)15-30-22)19-9-3-4-10-20(19)29-12-5-1-2-11-21(27)24-28/h3-4,6-10,13,22,28H,1-2,5,11-12,15H2,(H,24,27). The number of amides is 1. The minimum Gasteiger partial charge on any atom is -0.491 e. The van der Waals surface area contributed by atoms with Crippen molar-refractivity contribution in [2.75, 3.05) is 17.3 Å². The van der Waals surface area contributed by atoms with Gasteiger partial charge in [0, 0.05) is 16.6 Å². The highest BCUT2D eigenvalue weighted by Gasteiger charge is 2.34. The SMILES string of the molecule is O=C=C1CSC(c2cccc(Br)c2)N1c1ccccc1OCCCCCC(=O)NO. The Labute approximate surface area is 188 Å². The van der Waals surface area contributed by atoms with E-state index in [0.717, 1.165) is 28.6 Å². The predicted octanol–water partition coefficient (Wildman–Crippen LogP) is 4.86. The Morgan fingerprint density at radius 3 is 2.83 bits per heavy atom. The molecule has 1 amide bonds. The molecule has 1 aliphatic rings. The lowest BCUT2D eigenvalue weighted by Crippen LogP contribution is -2.22. The summed E-state index contributed by atoms with van der Waals surface area (Å²) in [5.41, 5.74) is 4.16. The van der Waals surface area contributed by atoms with Gasteiger partial charge in [0.25, 0.3) is 0 Å². The topological polar surface area (TPSA) is 78.9 Å². The first-order valence-electron chi connectivity index (χ1n) is 9.69. The summed E-state index contributed by atoms with van der Waals surface area (Å²) < 4.78 is 7.02. The van der Waals surface area contributed by atoms with Crippen molar-refractivity contribution in [1.29, 1.82) is 0 Å². The Bertz CT molecular complexity index is 933. The molecule has 6 nitrogen and oxygen atoms in total. The number of unbranched alkanes of at least 4 members (excludes halogenated alkanes) is 2. The molecule has 0 aliphatic carbocycles. The van der Waals surface area contributed by atoms with Gasteiger partial charge in [-0.25, -0.2) is 10.3 Å². The second-order valence-corrected chi connectivity index (χ2v) is 8.78. The molecule has 1 heterocycles. The molecule has 0 spiro atoms. The van der Waals surface area contributed by atoms with Gasteiger partial charge in [0.15, 0.2) is 0 Å². The maximum Gasteiger partial charge on any atom is 0.243 e. The lowest BCUT2D eigenvalue weighted by atomic mass is 10.1. The normalized spacial score (nSPS) is 15.7. The molecule has 0 radical (unpaired) electrons. The Morgan fingerprint density at radius 1 is 1.23 bits per heavy atom. The first kappa shape index (κ1) is 22.4. The zero-order valence-corrected chi connectivity index (χ0v) is 18.7. The molecule has 30 heavy (non-hydrogen) atoms. The smallest absolute Gasteiger partial charge is 0.243 e. The van der Waals surface area contributed by atoms with Gasteiger partial charge < -0.3 is 9.64 Å². The van der Waals surface area contributed by atoms with Gasteiger partial charge in [-0.15, -0.1) is 11.8 Å². The van der Waals surface area contributed by atoms with Crippen molar-refractivity contribution in [3.8, 4) is 5.75 Å². The maximum absolute atomic E-state index is 11.6. The summed E-state index contributed by atoms with van der Waals surface area (Å²) in [6.07, 6.45) is 2.57. The molecule has 158 valence electrons. The van der Waals surface area contributed by atoms with Crippen LogP contribution in [0.15, 0.2) is 58.7 Å². The number of carbonyl (C=O) groups is 1. The van der Waals surface area contributed by atoms with Crippen LogP contribution in [-0.2, 0) is 9.59 Å². The molecule has 3 rings (SSSR count). The molecular formula is C22H23BrN2O4S. The molecular weight excluding hydrogens is 468 g/mol. The molecule has 8 heteroatoms. The number of hydrogen-bond donors (Lipinski definition) is 2. The number of thioether (sulfide) groups is 1. The highest BCUT2D eigenvalue weighted by Crippen LogP contribution is 2.48. The van der Waals surface area contributed by atoms with Crippen LogP contribution in [0.5, 0.6) is 5.75 Å². The van der Waals surface area contributed by atoms with Crippen molar-refractivity contribution >= 4 is 45.2 Å². The first-order chi connectivity index (χ1) is 14.6. The van der Waals surface area contributed by atoms with Gasteiger partial charge in [0.2, 0.25) is 5.91 Å². The second-order valence-electron chi connectivity index (χ2n) is 6.80. The molecule has 0 aromatic heterocycles. The van der Waals surface area contributed by atoms with Crippen molar-refractivity contribution in [3.05, 3.63) is 64.3 Å². The van der Waals surface area contributed by atoms with Crippen LogP contribution in [0.25, 0.3) is 0 Å². The molecule has 1 aliphatic heterocycles. The second kappa shape index (κ2) is 11.2. The first-order valence-corrected chi connectivity index (χ1v) is 11.5. The fraction of sp³-hybridized carbons (Fsp3) is 0.318. The van der Waals surface area contributed by atoms with E-state index < -0.39 is 0 Å². The van der Waals surface area contributed by atoms with Gasteiger partial charge in [-0.3, -0.25) is 10.0 Å². The third kappa shape index (κ3) is 5.67. The van der Waals surface area contributed by atoms with Crippen LogP contribution in [-0.4, -0.2) is 29.4 Å². The van der Waals surface area contributed by atoms with Crippen molar-refractivity contribution in [2.24, 2.45) is 0 Å². The number of anilines is 1. The van der Waals surface area contributed by atoms with E-state index in [0.29, 0.717) is 36.6 Å². The monoisotopic (exact) mass is 490 g/mol. The number of hydroxylamine groups is 1. The number of halogens is 1. The maximum atomic E-state index is 11.6. The molecule has 2 N–H and O–H groups in total. The number of rotatable bonds is 9. The van der Waals surface area contributed by atoms with Crippen LogP contribution in [0.3, 0.4) is 0 Å². The Kier molecular flexibility index (Phi) is 8.39. The van der Waals surface area contributed by atoms with Gasteiger partial charge in [0.05, 0.1) is 12.3 Å². The number of benzene rings is 2. The van der Waals surface area contributed by atoms with Crippen LogP contribution >= 0.6 is 27.7 Å². The third-order valence-electron chi connectivity index (χ3n) is 4.71. The lowest BCUT2D eigenvalue weighted by molar-refractivity contribution is -0.129. The van der Waals surface area contributed by atoms with E-state index in [1.165, 1.54) is 0 Å². The van der Waals surface area contributed by atoms with E-state index in [9.17, 15) is 9.59 Å². The summed E-state index contributed by atoms with van der Waals surface area (Å²) >= 11 is 5.20. The molecule has 1 unspecified atom stereocenters. The van der Waals surface area contributed by atoms with Crippen LogP contribution in [0.1, 0.15) is 36.6 Å². The molecule has 1 saturated heterocycles. The van der Waals surface area contributed by atoms with Crippen LogP contribution < -0.4 is 15.1 Å². The zero-order chi connectivity index (χ0) is 21.3. The fourth-order valence-corrected chi connectivity index (χ4v) is 4.94. The van der Waals surface area contributed by atoms with Crippen LogP contribution in [0, 0.1) is 0 Å². The largest absolute Gasteiger partial charge is 0.491 e. The van der Waals surface area contributed by atoms with Gasteiger partial charge in [0.1, 0.15) is 22.8 Å². The highest BCUT2D eigenvalue weighted by molar-refractivity contribution is 9.10. The average molecular weight is 491 g/mol. The summed E-state index contributed by atoms with van der Waals surface area (Å²) in [5, 5.41) is 8.48. The Morgan fingerprint density at radius 2 is 2.07 bits per heavy atom. The number of para-hydroxylation sites is 2. The third-order valence-corrected chi connectivity index (χ3v) is 6.44. The van der Waals surface area contributed by atoms with E-state index in [-0.39, 0.29) is 11.3 Å². The van der Waals surface area contributed by atoms with Crippen LogP contribution in [0.2, 0.25) is 0 Å². The molecule has 2 aromatic rings. The minimum absolute atomic E-state index is 0.0410. The molecule has 2 aromatic carbocycles. The molecule has 1 atom stereocenters. The van der Waals surface area contributed by atoms with Crippen molar-refractivity contribution in [3.63, 3.8) is 0 Å². The van der Waals surface area contributed by atoms with E-state index in [4.69, 9.17) is 9.94 Å².